The third-order valence-corrected chi connectivity index (χ3v) is 3.10. The Balaban J connectivity index is 1.92. The molecule has 78 valence electrons. The van der Waals surface area contributed by atoms with Crippen LogP contribution in [0.15, 0.2) is 36.4 Å². The molecular weight excluding hydrogens is 186 g/mol. The van der Waals surface area contributed by atoms with Crippen LogP contribution < -0.4 is 5.06 Å². The molecule has 2 nitrogen and oxygen atoms in total. The van der Waals surface area contributed by atoms with Crippen LogP contribution in [0.25, 0.3) is 0 Å². The number of nitrogens with zero attached hydrogens (tertiary/aromatic N) is 1. The lowest BCUT2D eigenvalue weighted by molar-refractivity contribution is 0.00351. The summed E-state index contributed by atoms with van der Waals surface area (Å²) < 4.78 is 0. The van der Waals surface area contributed by atoms with Gasteiger partial charge in [-0.2, -0.15) is 0 Å². The molecule has 1 fully saturated rings. The summed E-state index contributed by atoms with van der Waals surface area (Å²) in [6, 6.07) is 8.91. The van der Waals surface area contributed by atoms with E-state index in [1.54, 1.807) is 0 Å². The molecule has 4 rings (SSSR count). The fourth-order valence-corrected chi connectivity index (χ4v) is 2.30. The van der Waals surface area contributed by atoms with E-state index in [1.165, 1.54) is 17.7 Å². The number of hydrogen-bond donors (Lipinski definition) is 0. The van der Waals surface area contributed by atoms with Gasteiger partial charge in [-0.05, 0) is 37.5 Å². The molecule has 2 atom stereocenters. The standard InChI is InChI=1S/C13H15NO/c1-10-3-2-4-12(9-10)14-11-5-7-13(15-14)8-6-11/h2-5,7,9,11,13H,6,8H2,1H3. The topological polar surface area (TPSA) is 12.5 Å². The Morgan fingerprint density at radius 2 is 2.20 bits per heavy atom. The minimum Gasteiger partial charge on any atom is -0.265 e. The lowest BCUT2D eigenvalue weighted by atomic mass is 9.98. The molecule has 1 saturated heterocycles. The smallest absolute Gasteiger partial charge is 0.104 e. The van der Waals surface area contributed by atoms with Crippen molar-refractivity contribution in [3.8, 4) is 0 Å². The van der Waals surface area contributed by atoms with Gasteiger partial charge in [-0.15, -0.1) is 0 Å². The molecule has 1 aromatic rings. The van der Waals surface area contributed by atoms with Crippen LogP contribution in [0.4, 0.5) is 5.69 Å². The average Bonchev–Trinajstić information content (AvgIpc) is 2.30. The van der Waals surface area contributed by atoms with Crippen molar-refractivity contribution in [3.05, 3.63) is 42.0 Å². The monoisotopic (exact) mass is 201 g/mol. The van der Waals surface area contributed by atoms with Gasteiger partial charge in [0.15, 0.2) is 0 Å². The van der Waals surface area contributed by atoms with Crippen molar-refractivity contribution in [3.63, 3.8) is 0 Å². The van der Waals surface area contributed by atoms with E-state index in [0.29, 0.717) is 6.04 Å². The first-order valence-electron chi connectivity index (χ1n) is 5.54. The number of aryl methyl sites for hydroxylation is 1. The summed E-state index contributed by atoms with van der Waals surface area (Å²) >= 11 is 0. The van der Waals surface area contributed by atoms with Crippen molar-refractivity contribution < 1.29 is 4.84 Å². The SMILES string of the molecule is Cc1cccc(N2OC3C=CC2CC3)c1. The predicted octanol–water partition coefficient (Wildman–Crippen LogP) is 2.83. The number of anilines is 1. The average molecular weight is 201 g/mol. The van der Waals surface area contributed by atoms with Crippen molar-refractivity contribution in [1.82, 2.24) is 0 Å². The summed E-state index contributed by atoms with van der Waals surface area (Å²) in [5.74, 6) is 0. The van der Waals surface area contributed by atoms with Gasteiger partial charge < -0.3 is 0 Å². The van der Waals surface area contributed by atoms with Crippen molar-refractivity contribution in [1.29, 1.82) is 0 Å². The number of rotatable bonds is 1. The van der Waals surface area contributed by atoms with Crippen LogP contribution >= 0.6 is 0 Å². The van der Waals surface area contributed by atoms with E-state index in [-0.39, 0.29) is 6.10 Å². The second-order valence-electron chi connectivity index (χ2n) is 4.34. The fourth-order valence-electron chi connectivity index (χ4n) is 2.30. The van der Waals surface area contributed by atoms with Crippen LogP contribution in [0.5, 0.6) is 0 Å². The quantitative estimate of drug-likeness (QED) is 0.648. The lowest BCUT2D eigenvalue weighted by Gasteiger charge is -2.41. The van der Waals surface area contributed by atoms with E-state index in [2.05, 4.69) is 48.4 Å². The van der Waals surface area contributed by atoms with Gasteiger partial charge in [0.1, 0.15) is 6.10 Å². The molecule has 1 aromatic carbocycles. The van der Waals surface area contributed by atoms with Crippen LogP contribution in [0.3, 0.4) is 0 Å². The molecule has 15 heavy (non-hydrogen) atoms. The highest BCUT2D eigenvalue weighted by Gasteiger charge is 2.30. The van der Waals surface area contributed by atoms with Crippen molar-refractivity contribution >= 4 is 5.69 Å². The number of fused-ring (bicyclic) bond motifs is 2. The summed E-state index contributed by atoms with van der Waals surface area (Å²) in [6.45, 7) is 2.11. The van der Waals surface area contributed by atoms with E-state index in [4.69, 9.17) is 4.84 Å². The highest BCUT2D eigenvalue weighted by molar-refractivity contribution is 5.49. The van der Waals surface area contributed by atoms with Gasteiger partial charge in [0, 0.05) is 0 Å². The number of hydrogen-bond acceptors (Lipinski definition) is 2. The van der Waals surface area contributed by atoms with Gasteiger partial charge in [-0.1, -0.05) is 24.3 Å². The molecule has 2 heteroatoms. The van der Waals surface area contributed by atoms with E-state index >= 15 is 0 Å². The molecule has 2 unspecified atom stereocenters. The van der Waals surface area contributed by atoms with Gasteiger partial charge in [-0.25, -0.2) is 5.06 Å². The lowest BCUT2D eigenvalue weighted by Crippen LogP contribution is -2.45. The second-order valence-corrected chi connectivity index (χ2v) is 4.34. The van der Waals surface area contributed by atoms with Crippen LogP contribution in [0.2, 0.25) is 0 Å². The van der Waals surface area contributed by atoms with Gasteiger partial charge in [0.05, 0.1) is 11.7 Å². The van der Waals surface area contributed by atoms with E-state index in [9.17, 15) is 0 Å². The van der Waals surface area contributed by atoms with Crippen LogP contribution in [-0.2, 0) is 4.84 Å². The molecular formula is C13H15NO. The molecule has 0 N–H and O–H groups in total. The minimum absolute atomic E-state index is 0.288. The predicted molar refractivity (Wildman–Crippen MR) is 60.7 cm³/mol. The minimum atomic E-state index is 0.288. The van der Waals surface area contributed by atoms with Gasteiger partial charge >= 0.3 is 0 Å². The summed E-state index contributed by atoms with van der Waals surface area (Å²) in [5.41, 5.74) is 2.45. The van der Waals surface area contributed by atoms with Crippen molar-refractivity contribution in [2.24, 2.45) is 0 Å². The molecule has 3 aliphatic rings. The van der Waals surface area contributed by atoms with Gasteiger partial charge in [0.2, 0.25) is 0 Å². The van der Waals surface area contributed by atoms with Crippen LogP contribution in [0, 0.1) is 6.92 Å². The second kappa shape index (κ2) is 3.38. The maximum atomic E-state index is 5.87. The summed E-state index contributed by atoms with van der Waals surface area (Å²) in [4.78, 5) is 5.87. The zero-order valence-corrected chi connectivity index (χ0v) is 8.89. The zero-order valence-electron chi connectivity index (χ0n) is 8.89. The Hall–Kier alpha value is -1.28. The molecule has 0 radical (unpaired) electrons. The first kappa shape index (κ1) is 8.98. The highest BCUT2D eigenvalue weighted by atomic mass is 16.7. The van der Waals surface area contributed by atoms with E-state index < -0.39 is 0 Å². The molecule has 0 saturated carbocycles. The Bertz CT molecular complexity index is 399. The first-order valence-corrected chi connectivity index (χ1v) is 5.54. The summed E-state index contributed by atoms with van der Waals surface area (Å²) in [5, 5.41) is 2.06. The van der Waals surface area contributed by atoms with Gasteiger partial charge in [-0.3, -0.25) is 4.84 Å². The van der Waals surface area contributed by atoms with Gasteiger partial charge in [0.25, 0.3) is 0 Å². The van der Waals surface area contributed by atoms with Crippen molar-refractivity contribution in [2.75, 3.05) is 5.06 Å². The first-order chi connectivity index (χ1) is 7.33. The Labute approximate surface area is 90.1 Å². The summed E-state index contributed by atoms with van der Waals surface area (Å²) in [6.07, 6.45) is 7.09. The highest BCUT2D eigenvalue weighted by Crippen LogP contribution is 2.32. The molecule has 0 amide bonds. The summed E-state index contributed by atoms with van der Waals surface area (Å²) in [7, 11) is 0. The van der Waals surface area contributed by atoms with Crippen LogP contribution in [0.1, 0.15) is 18.4 Å². The Kier molecular flexibility index (Phi) is 2.03. The Morgan fingerprint density at radius 3 is 2.80 bits per heavy atom. The molecule has 0 aromatic heterocycles. The maximum Gasteiger partial charge on any atom is 0.104 e. The number of hydroxylamine groups is 1. The molecule has 2 heterocycles. The van der Waals surface area contributed by atoms with E-state index in [0.717, 1.165) is 6.42 Å². The zero-order chi connectivity index (χ0) is 10.3. The van der Waals surface area contributed by atoms with E-state index in [1.807, 2.05) is 0 Å². The van der Waals surface area contributed by atoms with Crippen LogP contribution in [-0.4, -0.2) is 12.1 Å². The normalized spacial score (nSPS) is 28.5. The third-order valence-electron chi connectivity index (χ3n) is 3.10. The fraction of sp³-hybridized carbons (Fsp3) is 0.385. The Morgan fingerprint density at radius 1 is 1.27 bits per heavy atom. The molecule has 0 spiro atoms. The number of benzene rings is 1. The molecule has 2 aliphatic heterocycles. The largest absolute Gasteiger partial charge is 0.265 e. The maximum absolute atomic E-state index is 5.87. The third kappa shape index (κ3) is 1.55. The van der Waals surface area contributed by atoms with Crippen molar-refractivity contribution in [2.45, 2.75) is 31.9 Å². The molecule has 2 bridgehead atoms. The molecule has 1 aliphatic carbocycles.